The molecule has 55 nitrogen and oxygen atoms in total. The SMILES string of the molecule is CC(C)[C@H](NC(=O)CCOCCOCCOCCOCCNC(=O)CCN1C(=O)CC(SC[C@@H](NC(=O)[C@H](CCC(=O)NC[C@H](O)[C@@H](O)[C@H](O)[C@H](O)CO)NC(=O)[C@@H](CCC(=O)O)NC(=O)[C@H](CCC(=O)NC[C@H](O)[C@@H](O)[C@H](O)[C@H](O)CO)NC(=O)[C@@H](CCC(=O)O)NC(=O)[C@@H](N)CCC(=O)NC[C@H](O)[C@@H](O)[C@H](O)[C@H](O)CO)C(=O)O)C1=O)C(=O)N[C@@H](C)C(=O)Nc1ccc(COC=O)cc1. The first-order chi connectivity index (χ1) is 64.2. The first-order valence-electron chi connectivity index (χ1n) is 43.0. The number of thioether (sulfide) groups is 1. The van der Waals surface area contributed by atoms with E-state index >= 15 is 0 Å². The Morgan fingerprint density at radius 2 is 0.809 bits per heavy atom. The molecule has 0 bridgehead atoms. The number of hydrogen-bond acceptors (Lipinski definition) is 40. The summed E-state index contributed by atoms with van der Waals surface area (Å²) < 4.78 is 26.6. The van der Waals surface area contributed by atoms with Gasteiger partial charge >= 0.3 is 17.9 Å². The molecule has 1 aliphatic rings. The molecule has 772 valence electrons. The Kier molecular flexibility index (Phi) is 59.0. The molecule has 0 aliphatic carbocycles. The highest BCUT2D eigenvalue weighted by atomic mass is 32.2. The zero-order valence-corrected chi connectivity index (χ0v) is 75.7. The third kappa shape index (κ3) is 47.5. The van der Waals surface area contributed by atoms with Gasteiger partial charge in [-0.25, -0.2) is 4.79 Å². The highest BCUT2D eigenvalue weighted by Crippen LogP contribution is 2.27. The molecule has 1 aromatic rings. The molecule has 56 heteroatoms. The smallest absolute Gasteiger partial charge is 0.327 e. The van der Waals surface area contributed by atoms with Gasteiger partial charge < -0.3 is 185 Å². The summed E-state index contributed by atoms with van der Waals surface area (Å²) in [6.45, 7) is -0.132. The van der Waals surface area contributed by atoms with Crippen molar-refractivity contribution in [3.63, 3.8) is 0 Å². The van der Waals surface area contributed by atoms with Gasteiger partial charge in [-0.05, 0) is 62.6 Å². The second kappa shape index (κ2) is 66.0. The van der Waals surface area contributed by atoms with Gasteiger partial charge in [-0.3, -0.25) is 86.4 Å². The molecule has 0 saturated carbocycles. The van der Waals surface area contributed by atoms with E-state index in [-0.39, 0.29) is 78.3 Å². The predicted molar refractivity (Wildman–Crippen MR) is 462 cm³/mol. The predicted octanol–water partition coefficient (Wildman–Crippen LogP) is -14.7. The second-order valence-electron chi connectivity index (χ2n) is 31.4. The lowest BCUT2D eigenvalue weighted by molar-refractivity contribution is -0.142. The molecular weight excluding hydrogens is 1850 g/mol. The lowest BCUT2D eigenvalue weighted by atomic mass is 10.0. The summed E-state index contributed by atoms with van der Waals surface area (Å²) in [6, 6.07) is -7.75. The van der Waals surface area contributed by atoms with Crippen LogP contribution < -0.4 is 69.5 Å². The Labute approximate surface area is 782 Å². The number of aliphatic hydroxyl groups is 15. The van der Waals surface area contributed by atoms with Crippen LogP contribution in [0.15, 0.2) is 24.3 Å². The van der Waals surface area contributed by atoms with Crippen molar-refractivity contribution in [2.75, 3.05) is 116 Å². The Morgan fingerprint density at radius 3 is 1.21 bits per heavy atom. The number of rotatable bonds is 74. The molecule has 1 unspecified atom stereocenters. The summed E-state index contributed by atoms with van der Waals surface area (Å²) in [4.78, 5) is 237. The van der Waals surface area contributed by atoms with Crippen LogP contribution >= 0.6 is 11.8 Å². The van der Waals surface area contributed by atoms with Gasteiger partial charge in [0.05, 0.1) is 102 Å². The molecule has 1 aliphatic heterocycles. The number of carboxylic acids is 3. The van der Waals surface area contributed by atoms with E-state index in [1.165, 1.54) is 6.92 Å². The van der Waals surface area contributed by atoms with Gasteiger partial charge in [-0.15, -0.1) is 11.8 Å². The van der Waals surface area contributed by atoms with Crippen LogP contribution in [0.5, 0.6) is 0 Å². The lowest BCUT2D eigenvalue weighted by Crippen LogP contribution is -2.59. The highest BCUT2D eigenvalue weighted by Gasteiger charge is 2.42. The van der Waals surface area contributed by atoms with E-state index in [2.05, 4.69) is 63.8 Å². The van der Waals surface area contributed by atoms with Crippen LogP contribution in [0, 0.1) is 5.92 Å². The Balaban J connectivity index is 2.21. The van der Waals surface area contributed by atoms with Gasteiger partial charge in [0, 0.05) is 95.5 Å². The monoisotopic (exact) mass is 1970 g/mol. The molecule has 1 saturated heterocycles. The third-order valence-corrected chi connectivity index (χ3v) is 21.5. The number of nitrogens with two attached hydrogens (primary N) is 1. The minimum atomic E-state index is -2.22. The number of aliphatic hydroxyl groups excluding tert-OH is 15. The summed E-state index contributed by atoms with van der Waals surface area (Å²) in [5.74, 6) is -20.5. The zero-order chi connectivity index (χ0) is 102. The lowest BCUT2D eigenvalue weighted by Gasteiger charge is -2.27. The number of likely N-dealkylation sites (tertiary alicyclic amines) is 1. The summed E-state index contributed by atoms with van der Waals surface area (Å²) in [5, 5.41) is 204. The highest BCUT2D eigenvalue weighted by molar-refractivity contribution is 8.00. The van der Waals surface area contributed by atoms with Crippen LogP contribution in [0.1, 0.15) is 110 Å². The molecule has 0 spiro atoms. The van der Waals surface area contributed by atoms with Gasteiger partial charge in [-0.2, -0.15) is 0 Å². The topological polar surface area (TPSA) is 891 Å². The number of benzene rings is 1. The van der Waals surface area contributed by atoms with Crippen molar-refractivity contribution < 1.29 is 202 Å². The molecule has 2 rings (SSSR count). The maximum Gasteiger partial charge on any atom is 0.327 e. The van der Waals surface area contributed by atoms with Crippen molar-refractivity contribution in [1.82, 2.24) is 63.4 Å². The number of amides is 14. The maximum absolute atomic E-state index is 14.6. The fraction of sp³-hybridized carbons (Fsp3) is 0.700. The van der Waals surface area contributed by atoms with Crippen LogP contribution in [0.3, 0.4) is 0 Å². The van der Waals surface area contributed by atoms with Crippen molar-refractivity contribution in [2.24, 2.45) is 11.7 Å². The summed E-state index contributed by atoms with van der Waals surface area (Å²) in [7, 11) is 0. The number of aliphatic carboxylic acids is 3. The molecule has 1 heterocycles. The van der Waals surface area contributed by atoms with Crippen molar-refractivity contribution in [1.29, 1.82) is 0 Å². The van der Waals surface area contributed by atoms with Crippen LogP contribution in [-0.4, -0.2) is 442 Å². The number of hydrogen-bond donors (Lipinski definition) is 31. The van der Waals surface area contributed by atoms with Gasteiger partial charge in [0.2, 0.25) is 82.7 Å². The van der Waals surface area contributed by atoms with E-state index in [9.17, 15) is 173 Å². The Morgan fingerprint density at radius 1 is 0.434 bits per heavy atom. The third-order valence-electron chi connectivity index (χ3n) is 20.2. The number of ether oxygens (including phenoxy) is 5. The fourth-order valence-electron chi connectivity index (χ4n) is 12.0. The molecule has 32 N–H and O–H groups in total. The first kappa shape index (κ1) is 121. The van der Waals surface area contributed by atoms with Crippen molar-refractivity contribution in [3.05, 3.63) is 29.8 Å². The van der Waals surface area contributed by atoms with Crippen molar-refractivity contribution >= 4 is 125 Å². The minimum Gasteiger partial charge on any atom is -0.481 e. The Hall–Kier alpha value is -10.6. The molecule has 1 fully saturated rings. The number of imide groups is 1. The Bertz CT molecular complexity index is 3960. The molecule has 14 amide bonds. The molecular formula is C80H130N14O41S. The van der Waals surface area contributed by atoms with E-state index < -0.39 is 356 Å². The van der Waals surface area contributed by atoms with Crippen LogP contribution in [-0.2, 0) is 117 Å². The van der Waals surface area contributed by atoms with Crippen molar-refractivity contribution in [2.45, 2.75) is 238 Å². The van der Waals surface area contributed by atoms with Crippen LogP contribution in [0.4, 0.5) is 5.69 Å². The molecule has 0 radical (unpaired) electrons. The second-order valence-corrected chi connectivity index (χ2v) is 32.6. The average Bonchev–Trinajstić information content (AvgIpc) is 1.67. The quantitative estimate of drug-likeness (QED) is 0.0164. The largest absolute Gasteiger partial charge is 0.481 e. The van der Waals surface area contributed by atoms with Crippen molar-refractivity contribution in [3.8, 4) is 0 Å². The van der Waals surface area contributed by atoms with Gasteiger partial charge in [0.25, 0.3) is 6.47 Å². The van der Waals surface area contributed by atoms with Crippen LogP contribution in [0.2, 0.25) is 0 Å². The number of anilines is 1. The van der Waals surface area contributed by atoms with E-state index in [4.69, 9.17) is 34.5 Å². The number of nitrogens with one attached hydrogen (secondary N) is 12. The van der Waals surface area contributed by atoms with Crippen LogP contribution in [0.25, 0.3) is 0 Å². The van der Waals surface area contributed by atoms with E-state index in [0.717, 1.165) is 4.90 Å². The maximum atomic E-state index is 14.6. The molecule has 21 atom stereocenters. The van der Waals surface area contributed by atoms with Gasteiger partial charge in [0.15, 0.2) is 0 Å². The number of nitrogens with zero attached hydrogens (tertiary/aromatic N) is 1. The summed E-state index contributed by atoms with van der Waals surface area (Å²) >= 11 is 0.548. The fourth-order valence-corrected chi connectivity index (χ4v) is 13.2. The number of carboxylic acid groups (broad SMARTS) is 3. The molecule has 0 aromatic heterocycles. The van der Waals surface area contributed by atoms with E-state index in [0.29, 0.717) is 29.5 Å². The zero-order valence-electron chi connectivity index (χ0n) is 74.9. The molecule has 136 heavy (non-hydrogen) atoms. The first-order valence-corrected chi connectivity index (χ1v) is 44.1. The number of carbonyl (C=O) groups is 18. The summed E-state index contributed by atoms with van der Waals surface area (Å²) in [5.41, 5.74) is 7.14. The normalized spacial score (nSPS) is 17.0. The van der Waals surface area contributed by atoms with E-state index in [1.54, 1.807) is 38.1 Å². The van der Waals surface area contributed by atoms with Gasteiger partial charge in [-0.1, -0.05) is 26.0 Å². The van der Waals surface area contributed by atoms with Gasteiger partial charge in [0.1, 0.15) is 104 Å². The average molecular weight is 1980 g/mol. The standard InChI is InChI=1S/C80H130N14O41S/c1-40(2)65(78(127)86-41(3)72(121)87-43-6-4-42(5-7-43)37-135-39-98)93-61(109)19-22-131-24-26-133-28-29-134-27-25-132-23-20-82-60(108)18-21-94-62(110)30-56(79(94)128)136-38-49(80(129)130)92-77(126)46(10-15-59(107)85-33-52(101)68(117)71(120)55(104)36-97)90-76(125)48(12-17-64(113)114)91-74(123)45(9-14-58(106)84-32-51(100)67(116)70(119)54(103)35-96)89-75(124)47(11-16-63(111)112)88-73(122)44(81)8-13-57(105)83-31-50(99)66(115)69(118)53(102)34-95/h4-7,39-41,44-56,65-71,95-97,99-104,115-120H,8-38,81H2,1-3H3,(H,82,108)(H,83,105)(H,84,106)(H,85,107)(H,86,127)(H,87,121)(H,88,122)(H,89,124)(H,90,125)(H,91,123)(H,92,126)(H,93,109)(H,111,112)(H,113,114)(H,129,130)/t41-,44-,45-,46-,47+,48+,49+,50-,51-,52-,53+,54+,55+,56?,65-,66+,67+,68+,69+,70+,71+/m0/s1. The summed E-state index contributed by atoms with van der Waals surface area (Å²) in [6.07, 6.45) is -34.5. The molecule has 1 aromatic carbocycles. The number of carbonyl (C=O) groups excluding carboxylic acids is 15. The van der Waals surface area contributed by atoms with E-state index in [1.807, 2.05) is 0 Å². The minimum absolute atomic E-state index is 0.00478.